The van der Waals surface area contributed by atoms with Crippen LogP contribution in [0.15, 0.2) is 0 Å². The molecule has 10 heteroatoms. The standard InChI is InChI=1S/C30H59O6PS.2Na/c1-3-4-5-10-17-23-29(27(2)35-24-19-25-36-37(33,34)30(31)32)38-26-18-12-9-7-6-8-11-14-20-28-21-15-13-16-22-28;;/h27-29H,3-26H2,1-2H3,(H,31,32)(H,33,34);;/q;2*+1/p-2/t27-,29+;;/m0../s1. The van der Waals surface area contributed by atoms with E-state index in [0.29, 0.717) is 18.3 Å². The van der Waals surface area contributed by atoms with Gasteiger partial charge in [-0.15, -0.1) is 0 Å². The summed E-state index contributed by atoms with van der Waals surface area (Å²) >= 11 is 2.02. The van der Waals surface area contributed by atoms with Crippen molar-refractivity contribution in [2.45, 2.75) is 160 Å². The summed E-state index contributed by atoms with van der Waals surface area (Å²) in [7, 11) is -4.92. The fourth-order valence-corrected chi connectivity index (χ4v) is 7.21. The third-order valence-corrected chi connectivity index (χ3v) is 10.4. The SMILES string of the molecule is CCCCCCC[C@@H](SCCCCCCCCCCC1CCCCC1)[C@H](C)OCCCOP(=O)([O-])C(=O)[O-].[Na+].[Na+]. The minimum absolute atomic E-state index is 0. The zero-order valence-corrected chi connectivity index (χ0v) is 32.2. The van der Waals surface area contributed by atoms with Crippen molar-refractivity contribution in [3.63, 3.8) is 0 Å². The van der Waals surface area contributed by atoms with Crippen LogP contribution in [0.2, 0.25) is 0 Å². The van der Waals surface area contributed by atoms with Gasteiger partial charge in [0.25, 0.3) is 0 Å². The summed E-state index contributed by atoms with van der Waals surface area (Å²) in [4.78, 5) is 21.6. The van der Waals surface area contributed by atoms with Crippen LogP contribution < -0.4 is 69.1 Å². The smallest absolute Gasteiger partial charge is 0.774 e. The van der Waals surface area contributed by atoms with Crippen LogP contribution in [0.3, 0.4) is 0 Å². The second-order valence-electron chi connectivity index (χ2n) is 11.3. The number of carboxylic acid groups (broad SMARTS) is 1. The van der Waals surface area contributed by atoms with Crippen LogP contribution in [-0.2, 0) is 13.8 Å². The number of carbonyl (C=O) groups is 1. The van der Waals surface area contributed by atoms with E-state index in [0.717, 1.165) is 18.1 Å². The fraction of sp³-hybridized carbons (Fsp3) is 0.967. The largest absolute Gasteiger partial charge is 1.00 e. The van der Waals surface area contributed by atoms with E-state index in [9.17, 15) is 19.4 Å². The van der Waals surface area contributed by atoms with E-state index in [1.807, 2.05) is 11.8 Å². The molecule has 0 aliphatic heterocycles. The quantitative estimate of drug-likeness (QED) is 0.0830. The van der Waals surface area contributed by atoms with Crippen LogP contribution in [0.1, 0.15) is 149 Å². The molecule has 0 saturated heterocycles. The molecule has 1 aliphatic rings. The first kappa shape index (κ1) is 44.1. The van der Waals surface area contributed by atoms with Gasteiger partial charge in [-0.1, -0.05) is 122 Å². The summed E-state index contributed by atoms with van der Waals surface area (Å²) in [5.41, 5.74) is -2.17. The molecule has 226 valence electrons. The van der Waals surface area contributed by atoms with Gasteiger partial charge in [0, 0.05) is 11.9 Å². The topological polar surface area (TPSA) is 98.7 Å². The van der Waals surface area contributed by atoms with E-state index in [-0.39, 0.29) is 71.8 Å². The van der Waals surface area contributed by atoms with Crippen molar-refractivity contribution >= 4 is 25.1 Å². The van der Waals surface area contributed by atoms with E-state index in [4.69, 9.17) is 4.74 Å². The Balaban J connectivity index is 0. The van der Waals surface area contributed by atoms with Crippen molar-refractivity contribution in [3.05, 3.63) is 0 Å². The van der Waals surface area contributed by atoms with Crippen LogP contribution in [0.25, 0.3) is 0 Å². The molecule has 3 atom stereocenters. The molecular weight excluding hydrogens is 565 g/mol. The first-order chi connectivity index (χ1) is 18.4. The molecular formula is C30H57Na2O6PS. The molecule has 1 fully saturated rings. The molecule has 0 amide bonds. The normalized spacial score (nSPS) is 16.9. The minimum Gasteiger partial charge on any atom is -0.774 e. The third kappa shape index (κ3) is 24.3. The number of rotatable bonds is 26. The van der Waals surface area contributed by atoms with E-state index >= 15 is 0 Å². The molecule has 1 aliphatic carbocycles. The minimum atomic E-state index is -4.92. The summed E-state index contributed by atoms with van der Waals surface area (Å²) in [6.45, 7) is 4.48. The van der Waals surface area contributed by atoms with Gasteiger partial charge < -0.3 is 28.6 Å². The van der Waals surface area contributed by atoms with Crippen molar-refractivity contribution in [1.82, 2.24) is 0 Å². The predicted octanol–water partition coefficient (Wildman–Crippen LogP) is 2.26. The second-order valence-corrected chi connectivity index (χ2v) is 14.2. The maximum absolute atomic E-state index is 11.2. The molecule has 0 spiro atoms. The molecule has 0 N–H and O–H groups in total. The molecule has 1 unspecified atom stereocenters. The maximum Gasteiger partial charge on any atom is 1.00 e. The predicted molar refractivity (Wildman–Crippen MR) is 157 cm³/mol. The Morgan fingerprint density at radius 1 is 0.850 bits per heavy atom. The van der Waals surface area contributed by atoms with E-state index < -0.39 is 13.3 Å². The van der Waals surface area contributed by atoms with Gasteiger partial charge in [0.15, 0.2) is 7.60 Å². The molecule has 0 radical (unpaired) electrons. The zero-order chi connectivity index (χ0) is 27.9. The number of hydrogen-bond acceptors (Lipinski definition) is 7. The molecule has 40 heavy (non-hydrogen) atoms. The first-order valence-electron chi connectivity index (χ1n) is 15.8. The van der Waals surface area contributed by atoms with E-state index in [1.54, 1.807) is 0 Å². The molecule has 0 aromatic heterocycles. The van der Waals surface area contributed by atoms with Gasteiger partial charge >= 0.3 is 59.1 Å². The monoisotopic (exact) mass is 622 g/mol. The number of ether oxygens (including phenoxy) is 1. The van der Waals surface area contributed by atoms with Gasteiger partial charge in [0.05, 0.1) is 12.7 Å². The third-order valence-electron chi connectivity index (χ3n) is 7.83. The Morgan fingerprint density at radius 2 is 1.43 bits per heavy atom. The summed E-state index contributed by atoms with van der Waals surface area (Å²) in [6.07, 6.45) is 27.6. The van der Waals surface area contributed by atoms with Crippen LogP contribution in [0, 0.1) is 5.92 Å². The van der Waals surface area contributed by atoms with Gasteiger partial charge in [-0.2, -0.15) is 11.8 Å². The zero-order valence-electron chi connectivity index (χ0n) is 26.5. The number of thioether (sulfide) groups is 1. The summed E-state index contributed by atoms with van der Waals surface area (Å²) in [5, 5.41) is 10.9. The van der Waals surface area contributed by atoms with Crippen molar-refractivity contribution in [2.75, 3.05) is 19.0 Å². The van der Waals surface area contributed by atoms with Gasteiger partial charge in [0.2, 0.25) is 0 Å². The van der Waals surface area contributed by atoms with Crippen LogP contribution >= 0.6 is 19.4 Å². The average molecular weight is 623 g/mol. The Bertz CT molecular complexity index is 625. The van der Waals surface area contributed by atoms with Crippen LogP contribution in [0.5, 0.6) is 0 Å². The van der Waals surface area contributed by atoms with Crippen LogP contribution in [0.4, 0.5) is 4.79 Å². The Morgan fingerprint density at radius 3 is 2.05 bits per heavy atom. The molecule has 1 saturated carbocycles. The number of hydrogen-bond donors (Lipinski definition) is 0. The van der Waals surface area contributed by atoms with Crippen molar-refractivity contribution in [3.8, 4) is 0 Å². The molecule has 1 rings (SSSR count). The Labute approximate surface area is 295 Å². The molecule has 0 bridgehead atoms. The Hall–Kier alpha value is 1.93. The number of unbranched alkanes of at least 4 members (excludes halogenated alkanes) is 11. The Kier molecular flexibility index (Phi) is 32.6. The van der Waals surface area contributed by atoms with Gasteiger partial charge in [-0.25, -0.2) is 0 Å². The first-order valence-corrected chi connectivity index (χ1v) is 18.4. The van der Waals surface area contributed by atoms with Crippen molar-refractivity contribution in [2.24, 2.45) is 5.92 Å². The molecule has 6 nitrogen and oxygen atoms in total. The van der Waals surface area contributed by atoms with Crippen LogP contribution in [-0.4, -0.2) is 36.0 Å². The molecule has 0 aromatic carbocycles. The van der Waals surface area contributed by atoms with E-state index in [2.05, 4.69) is 18.4 Å². The summed E-state index contributed by atoms with van der Waals surface area (Å²) < 4.78 is 21.6. The average Bonchev–Trinajstić information content (AvgIpc) is 2.90. The summed E-state index contributed by atoms with van der Waals surface area (Å²) in [6, 6.07) is 0. The van der Waals surface area contributed by atoms with E-state index in [1.165, 1.54) is 122 Å². The van der Waals surface area contributed by atoms with Crippen molar-refractivity contribution < 1.29 is 87.7 Å². The van der Waals surface area contributed by atoms with Crippen molar-refractivity contribution in [1.29, 1.82) is 0 Å². The molecule has 0 aromatic rings. The number of carbonyl (C=O) groups excluding carboxylic acids is 1. The molecule has 0 heterocycles. The van der Waals surface area contributed by atoms with Gasteiger partial charge in [0.1, 0.15) is 5.71 Å². The summed E-state index contributed by atoms with van der Waals surface area (Å²) in [5.74, 6) is 2.19. The maximum atomic E-state index is 11.2. The van der Waals surface area contributed by atoms with Gasteiger partial charge in [-0.3, -0.25) is 0 Å². The second kappa shape index (κ2) is 29.6. The fourth-order valence-electron chi connectivity index (χ4n) is 5.38. The van der Waals surface area contributed by atoms with Gasteiger partial charge in [-0.05, 0) is 37.9 Å².